The first-order valence-corrected chi connectivity index (χ1v) is 9.13. The van der Waals surface area contributed by atoms with Gasteiger partial charge >= 0.3 is 0 Å². The molecular weight excluding hydrogens is 332 g/mol. The molecule has 1 aromatic carbocycles. The van der Waals surface area contributed by atoms with Crippen molar-refractivity contribution in [1.82, 2.24) is 24.7 Å². The van der Waals surface area contributed by atoms with E-state index in [4.69, 9.17) is 0 Å². The smallest absolute Gasteiger partial charge is 0.138 e. The summed E-state index contributed by atoms with van der Waals surface area (Å²) in [6.45, 7) is 3.71. The average molecular weight is 350 g/mol. The van der Waals surface area contributed by atoms with Gasteiger partial charge in [-0.3, -0.25) is 0 Å². The fraction of sp³-hybridized carbons (Fsp3) is 0.222. The molecule has 126 valence electrons. The zero-order valence-corrected chi connectivity index (χ0v) is 14.7. The molecule has 1 N–H and O–H groups in total. The molecule has 4 rings (SSSR count). The molecule has 4 aromatic rings. The lowest BCUT2D eigenvalue weighted by atomic mass is 10.1. The normalized spacial score (nSPS) is 11.1. The molecule has 0 aliphatic carbocycles. The quantitative estimate of drug-likeness (QED) is 0.575. The van der Waals surface area contributed by atoms with Crippen molar-refractivity contribution >= 4 is 27.4 Å². The van der Waals surface area contributed by atoms with E-state index in [0.29, 0.717) is 0 Å². The van der Waals surface area contributed by atoms with Gasteiger partial charge in [0.05, 0.1) is 5.39 Å². The van der Waals surface area contributed by atoms with Gasteiger partial charge in [-0.15, -0.1) is 21.5 Å². The maximum absolute atomic E-state index is 4.47. The molecule has 0 bridgehead atoms. The number of nitrogens with zero attached hydrogens (tertiary/aromatic N) is 5. The number of hydrogen-bond acceptors (Lipinski definition) is 6. The minimum Gasteiger partial charge on any atom is -0.369 e. The molecule has 3 heterocycles. The number of aryl methyl sites for hydroxylation is 1. The maximum atomic E-state index is 4.47. The van der Waals surface area contributed by atoms with Crippen molar-refractivity contribution in [2.45, 2.75) is 19.9 Å². The van der Waals surface area contributed by atoms with Gasteiger partial charge < -0.3 is 9.88 Å². The molecule has 0 aliphatic heterocycles. The predicted molar refractivity (Wildman–Crippen MR) is 101 cm³/mol. The third-order valence-corrected chi connectivity index (χ3v) is 5.02. The Hall–Kier alpha value is -2.80. The lowest BCUT2D eigenvalue weighted by molar-refractivity contribution is 0.697. The molecule has 0 saturated heterocycles. The van der Waals surface area contributed by atoms with Gasteiger partial charge in [0.1, 0.15) is 29.1 Å². The molecule has 0 unspecified atom stereocenters. The molecule has 0 aliphatic rings. The van der Waals surface area contributed by atoms with Gasteiger partial charge in [0.15, 0.2) is 0 Å². The Balaban J connectivity index is 1.60. The second kappa shape index (κ2) is 6.98. The predicted octanol–water partition coefficient (Wildman–Crippen LogP) is 3.62. The van der Waals surface area contributed by atoms with Crippen molar-refractivity contribution in [3.8, 4) is 11.1 Å². The molecule has 0 radical (unpaired) electrons. The molecule has 0 spiro atoms. The maximum Gasteiger partial charge on any atom is 0.138 e. The van der Waals surface area contributed by atoms with Crippen molar-refractivity contribution < 1.29 is 0 Å². The molecule has 25 heavy (non-hydrogen) atoms. The Morgan fingerprint density at radius 3 is 2.88 bits per heavy atom. The number of aromatic nitrogens is 5. The highest BCUT2D eigenvalue weighted by molar-refractivity contribution is 7.17. The van der Waals surface area contributed by atoms with E-state index in [-0.39, 0.29) is 0 Å². The number of nitrogens with one attached hydrogen (secondary N) is 1. The summed E-state index contributed by atoms with van der Waals surface area (Å²) in [7, 11) is 0. The number of thiophene rings is 1. The van der Waals surface area contributed by atoms with Gasteiger partial charge in [-0.2, -0.15) is 0 Å². The lowest BCUT2D eigenvalue weighted by Gasteiger charge is -2.08. The Morgan fingerprint density at radius 1 is 1.16 bits per heavy atom. The zero-order valence-electron chi connectivity index (χ0n) is 13.9. The zero-order chi connectivity index (χ0) is 17.1. The first-order valence-electron chi connectivity index (χ1n) is 8.25. The van der Waals surface area contributed by atoms with Crippen LogP contribution in [-0.4, -0.2) is 31.3 Å². The summed E-state index contributed by atoms with van der Waals surface area (Å²) in [5.41, 5.74) is 2.35. The van der Waals surface area contributed by atoms with Crippen LogP contribution in [0.4, 0.5) is 5.82 Å². The van der Waals surface area contributed by atoms with Crippen molar-refractivity contribution in [1.29, 1.82) is 0 Å². The topological polar surface area (TPSA) is 68.5 Å². The molecule has 3 aromatic heterocycles. The van der Waals surface area contributed by atoms with Crippen LogP contribution >= 0.6 is 11.3 Å². The number of benzene rings is 1. The van der Waals surface area contributed by atoms with E-state index in [1.165, 1.54) is 11.1 Å². The Morgan fingerprint density at radius 2 is 2.04 bits per heavy atom. The van der Waals surface area contributed by atoms with Crippen LogP contribution in [0.2, 0.25) is 0 Å². The fourth-order valence-corrected chi connectivity index (χ4v) is 3.78. The van der Waals surface area contributed by atoms with E-state index in [1.807, 2.05) is 18.2 Å². The summed E-state index contributed by atoms with van der Waals surface area (Å²) in [4.78, 5) is 9.88. The highest BCUT2D eigenvalue weighted by atomic mass is 32.1. The average Bonchev–Trinajstić information content (AvgIpc) is 3.29. The second-order valence-corrected chi connectivity index (χ2v) is 6.49. The molecular formula is C18H18N6S. The molecule has 0 amide bonds. The molecule has 0 atom stereocenters. The highest BCUT2D eigenvalue weighted by Gasteiger charge is 2.13. The van der Waals surface area contributed by atoms with Gasteiger partial charge in [0.25, 0.3) is 0 Å². The van der Waals surface area contributed by atoms with E-state index in [9.17, 15) is 0 Å². The summed E-state index contributed by atoms with van der Waals surface area (Å²) in [6, 6.07) is 10.3. The van der Waals surface area contributed by atoms with Crippen LogP contribution < -0.4 is 5.32 Å². The summed E-state index contributed by atoms with van der Waals surface area (Å²) >= 11 is 1.64. The Labute approximate surface area is 149 Å². The van der Waals surface area contributed by atoms with E-state index in [0.717, 1.165) is 41.4 Å². The Kier molecular flexibility index (Phi) is 4.39. The van der Waals surface area contributed by atoms with E-state index < -0.39 is 0 Å². The lowest BCUT2D eigenvalue weighted by Crippen LogP contribution is -2.11. The molecule has 6 nitrogen and oxygen atoms in total. The van der Waals surface area contributed by atoms with Crippen LogP contribution in [0, 0.1) is 0 Å². The monoisotopic (exact) mass is 350 g/mol. The van der Waals surface area contributed by atoms with E-state index in [2.05, 4.69) is 54.5 Å². The molecule has 0 fully saturated rings. The number of fused-ring (bicyclic) bond motifs is 1. The number of anilines is 1. The van der Waals surface area contributed by atoms with Gasteiger partial charge in [-0.1, -0.05) is 30.3 Å². The summed E-state index contributed by atoms with van der Waals surface area (Å²) in [5.74, 6) is 1.85. The largest absolute Gasteiger partial charge is 0.369 e. The molecule has 0 saturated carbocycles. The van der Waals surface area contributed by atoms with Crippen molar-refractivity contribution in [3.63, 3.8) is 0 Å². The SMILES string of the molecule is CCn1cnnc1CCNc1ncnc2scc(-c3ccccc3)c12. The first-order chi connectivity index (χ1) is 12.4. The standard InChI is InChI=1S/C18H18N6S/c1-2-24-12-22-23-15(24)8-9-19-17-16-14(13-6-4-3-5-7-13)10-25-18(16)21-11-20-17/h3-7,10-12H,2,8-9H2,1H3,(H,19,20,21). The third-order valence-electron chi connectivity index (χ3n) is 4.13. The van der Waals surface area contributed by atoms with Crippen LogP contribution in [0.3, 0.4) is 0 Å². The van der Waals surface area contributed by atoms with Crippen molar-refractivity contribution in [3.05, 3.63) is 54.2 Å². The second-order valence-electron chi connectivity index (χ2n) is 5.63. The molecule has 7 heteroatoms. The van der Waals surface area contributed by atoms with Crippen LogP contribution in [0.5, 0.6) is 0 Å². The Bertz CT molecular complexity index is 976. The third kappa shape index (κ3) is 3.10. The van der Waals surface area contributed by atoms with Gasteiger partial charge in [-0.05, 0) is 12.5 Å². The van der Waals surface area contributed by atoms with E-state index >= 15 is 0 Å². The van der Waals surface area contributed by atoms with Crippen LogP contribution in [-0.2, 0) is 13.0 Å². The number of rotatable bonds is 6. The van der Waals surface area contributed by atoms with E-state index in [1.54, 1.807) is 24.0 Å². The summed E-state index contributed by atoms with van der Waals surface area (Å²) in [5, 5.41) is 14.8. The van der Waals surface area contributed by atoms with Crippen LogP contribution in [0.1, 0.15) is 12.7 Å². The first kappa shape index (κ1) is 15.7. The van der Waals surface area contributed by atoms with Crippen molar-refractivity contribution in [2.24, 2.45) is 0 Å². The van der Waals surface area contributed by atoms with Gasteiger partial charge in [0.2, 0.25) is 0 Å². The highest BCUT2D eigenvalue weighted by Crippen LogP contribution is 2.36. The minimum atomic E-state index is 0.745. The van der Waals surface area contributed by atoms with Gasteiger partial charge in [0, 0.05) is 30.5 Å². The summed E-state index contributed by atoms with van der Waals surface area (Å²) < 4.78 is 2.05. The fourth-order valence-electron chi connectivity index (χ4n) is 2.87. The number of hydrogen-bond donors (Lipinski definition) is 1. The van der Waals surface area contributed by atoms with Crippen LogP contribution in [0.25, 0.3) is 21.3 Å². The van der Waals surface area contributed by atoms with Gasteiger partial charge in [-0.25, -0.2) is 9.97 Å². The van der Waals surface area contributed by atoms with Crippen LogP contribution in [0.15, 0.2) is 48.4 Å². The summed E-state index contributed by atoms with van der Waals surface area (Å²) in [6.07, 6.45) is 4.18. The minimum absolute atomic E-state index is 0.745. The van der Waals surface area contributed by atoms with Crippen molar-refractivity contribution in [2.75, 3.05) is 11.9 Å².